The van der Waals surface area contributed by atoms with Gasteiger partial charge in [-0.05, 0) is 47.9 Å². The fourth-order valence-corrected chi connectivity index (χ4v) is 5.82. The normalized spacial score (nSPS) is 20.4. The van der Waals surface area contributed by atoms with Crippen LogP contribution in [0.1, 0.15) is 62.5 Å². The summed E-state index contributed by atoms with van der Waals surface area (Å²) >= 11 is 17.8. The number of unbranched alkanes of at least 4 members (excludes halogenated alkanes) is 1. The van der Waals surface area contributed by atoms with E-state index in [2.05, 4.69) is 29.0 Å². The predicted molar refractivity (Wildman–Crippen MR) is 123 cm³/mol. The lowest BCUT2D eigenvalue weighted by atomic mass is 9.78. The Balaban J connectivity index is 1.63. The van der Waals surface area contributed by atoms with Gasteiger partial charge in [-0.25, -0.2) is 4.79 Å². The average molecular weight is 462 g/mol. The Morgan fingerprint density at radius 2 is 1.64 bits per heavy atom. The number of hydrogen-bond acceptors (Lipinski definition) is 2. The molecule has 156 valence electrons. The van der Waals surface area contributed by atoms with E-state index in [4.69, 9.17) is 33.2 Å². The van der Waals surface area contributed by atoms with Crippen molar-refractivity contribution in [3.63, 3.8) is 0 Å². The van der Waals surface area contributed by atoms with Gasteiger partial charge in [-0.3, -0.25) is 0 Å². The molecule has 1 aromatic rings. The van der Waals surface area contributed by atoms with Gasteiger partial charge in [0.2, 0.25) is 0 Å². The van der Waals surface area contributed by atoms with Gasteiger partial charge < -0.3 is 4.74 Å². The van der Waals surface area contributed by atoms with Gasteiger partial charge in [0.1, 0.15) is 0 Å². The molecule has 2 nitrogen and oxygen atoms in total. The summed E-state index contributed by atoms with van der Waals surface area (Å²) < 4.78 is 4.61. The van der Waals surface area contributed by atoms with Crippen molar-refractivity contribution in [3.05, 3.63) is 41.5 Å². The average Bonchev–Trinajstić information content (AvgIpc) is 2.68. The van der Waals surface area contributed by atoms with Gasteiger partial charge in [0.25, 0.3) is 0 Å². The molecule has 0 radical (unpaired) electrons. The predicted octanol–water partition coefficient (Wildman–Crippen LogP) is 7.44. The summed E-state index contributed by atoms with van der Waals surface area (Å²) in [5.74, 6) is 1.39. The Kier molecular flexibility index (Phi) is 10.4. The molecule has 0 unspecified atom stereocenters. The van der Waals surface area contributed by atoms with Crippen molar-refractivity contribution in [2.24, 2.45) is 11.8 Å². The topological polar surface area (TPSA) is 26.3 Å². The maximum atomic E-state index is 11.1. The van der Waals surface area contributed by atoms with Crippen molar-refractivity contribution in [1.29, 1.82) is 0 Å². The molecule has 1 aliphatic rings. The Hall–Kier alpha value is -0.483. The van der Waals surface area contributed by atoms with Crippen LogP contribution in [0.2, 0.25) is 6.04 Å². The minimum Gasteiger partial charge on any atom is -0.466 e. The molecular formula is C22H31Cl3O2Si. The molecule has 2 rings (SSSR count). The van der Waals surface area contributed by atoms with Crippen LogP contribution in [0, 0.1) is 11.8 Å². The van der Waals surface area contributed by atoms with Crippen molar-refractivity contribution >= 4 is 51.3 Å². The van der Waals surface area contributed by atoms with E-state index in [-0.39, 0.29) is 5.97 Å². The number of halogens is 3. The molecule has 6 heteroatoms. The number of carbonyl (C=O) groups is 1. The van der Waals surface area contributed by atoms with E-state index in [1.807, 2.05) is 0 Å². The molecule has 0 saturated heterocycles. The van der Waals surface area contributed by atoms with Gasteiger partial charge in [0.05, 0.1) is 7.11 Å². The molecule has 0 amide bonds. The molecule has 0 heterocycles. The van der Waals surface area contributed by atoms with Crippen molar-refractivity contribution in [1.82, 2.24) is 0 Å². The summed E-state index contributed by atoms with van der Waals surface area (Å²) in [6, 6.07) is 6.82. The number of esters is 1. The standard InChI is InChI=1S/C22H31Cl3O2Si/c1-27-22(26)16-15-21-13-11-20(12-14-21)10-9-19-7-5-18(6-8-19)4-2-3-17-28(23,24)25/h11-16,18-19H,2-10,17H2,1H3/t18-,19-. The minimum absolute atomic E-state index is 0.327. The number of carbonyl (C=O) groups excluding carboxylic acids is 1. The van der Waals surface area contributed by atoms with E-state index in [1.54, 1.807) is 6.08 Å². The second-order valence-electron chi connectivity index (χ2n) is 7.88. The molecular weight excluding hydrogens is 431 g/mol. The van der Waals surface area contributed by atoms with Crippen LogP contribution in [0.4, 0.5) is 0 Å². The lowest BCUT2D eigenvalue weighted by Gasteiger charge is -2.28. The third-order valence-corrected chi connectivity index (χ3v) is 8.34. The third-order valence-electron chi connectivity index (χ3n) is 5.72. The highest BCUT2D eigenvalue weighted by Gasteiger charge is 2.25. The molecule has 0 N–H and O–H groups in total. The number of hydrogen-bond donors (Lipinski definition) is 0. The lowest BCUT2D eigenvalue weighted by Crippen LogP contribution is -2.15. The van der Waals surface area contributed by atoms with Crippen molar-refractivity contribution in [2.75, 3.05) is 7.11 Å². The zero-order valence-corrected chi connectivity index (χ0v) is 19.9. The van der Waals surface area contributed by atoms with Gasteiger partial charge in [0, 0.05) is 6.08 Å². The van der Waals surface area contributed by atoms with E-state index in [0.717, 1.165) is 36.3 Å². The summed E-state index contributed by atoms with van der Waals surface area (Å²) in [7, 11) is 1.39. The highest BCUT2D eigenvalue weighted by Crippen LogP contribution is 2.35. The summed E-state index contributed by atoms with van der Waals surface area (Å²) in [6.07, 6.45) is 14.6. The fourth-order valence-electron chi connectivity index (χ4n) is 3.97. The minimum atomic E-state index is -2.42. The molecule has 0 spiro atoms. The van der Waals surface area contributed by atoms with Gasteiger partial charge in [0.15, 0.2) is 0 Å². The van der Waals surface area contributed by atoms with Crippen LogP contribution in [0.25, 0.3) is 6.08 Å². The van der Waals surface area contributed by atoms with E-state index in [9.17, 15) is 4.79 Å². The lowest BCUT2D eigenvalue weighted by molar-refractivity contribution is -0.134. The molecule has 1 aromatic carbocycles. The van der Waals surface area contributed by atoms with E-state index in [1.165, 1.54) is 63.7 Å². The largest absolute Gasteiger partial charge is 0.466 e. The zero-order chi connectivity index (χ0) is 20.4. The highest BCUT2D eigenvalue weighted by atomic mass is 35.8. The zero-order valence-electron chi connectivity index (χ0n) is 16.6. The van der Waals surface area contributed by atoms with Crippen molar-refractivity contribution < 1.29 is 9.53 Å². The van der Waals surface area contributed by atoms with Crippen LogP contribution < -0.4 is 0 Å². The van der Waals surface area contributed by atoms with Crippen molar-refractivity contribution in [3.8, 4) is 0 Å². The summed E-state index contributed by atoms with van der Waals surface area (Å²) in [5.41, 5.74) is 2.39. The van der Waals surface area contributed by atoms with Crippen LogP contribution in [-0.2, 0) is 16.0 Å². The molecule has 1 aliphatic carbocycles. The van der Waals surface area contributed by atoms with Gasteiger partial charge in [-0.2, -0.15) is 0 Å². The smallest absolute Gasteiger partial charge is 0.341 e. The third kappa shape index (κ3) is 9.82. The second kappa shape index (κ2) is 12.3. The van der Waals surface area contributed by atoms with Crippen LogP contribution >= 0.6 is 33.2 Å². The monoisotopic (exact) mass is 460 g/mol. The summed E-state index contributed by atoms with van der Waals surface area (Å²) in [5, 5.41) is 0. The van der Waals surface area contributed by atoms with Crippen molar-refractivity contribution in [2.45, 2.75) is 63.8 Å². The van der Waals surface area contributed by atoms with E-state index in [0.29, 0.717) is 0 Å². The second-order valence-corrected chi connectivity index (χ2v) is 17.2. The van der Waals surface area contributed by atoms with Crippen LogP contribution in [-0.4, -0.2) is 19.1 Å². The number of ether oxygens (including phenoxy) is 1. The Morgan fingerprint density at radius 1 is 1.04 bits per heavy atom. The molecule has 1 saturated carbocycles. The summed E-state index contributed by atoms with van der Waals surface area (Å²) in [6.45, 7) is 0. The Morgan fingerprint density at radius 3 is 2.21 bits per heavy atom. The summed E-state index contributed by atoms with van der Waals surface area (Å²) in [4.78, 5) is 11.1. The molecule has 28 heavy (non-hydrogen) atoms. The number of methoxy groups -OCH3 is 1. The number of aryl methyl sites for hydroxylation is 1. The van der Waals surface area contributed by atoms with Gasteiger partial charge >= 0.3 is 12.0 Å². The molecule has 0 aromatic heterocycles. The van der Waals surface area contributed by atoms with Crippen LogP contribution in [0.3, 0.4) is 0 Å². The van der Waals surface area contributed by atoms with Gasteiger partial charge in [-0.15, -0.1) is 33.2 Å². The van der Waals surface area contributed by atoms with E-state index >= 15 is 0 Å². The maximum absolute atomic E-state index is 11.1. The first kappa shape index (κ1) is 23.8. The number of benzene rings is 1. The Labute approximate surface area is 184 Å². The van der Waals surface area contributed by atoms with Gasteiger partial charge in [-0.1, -0.05) is 69.2 Å². The number of rotatable bonds is 10. The molecule has 1 fully saturated rings. The molecule has 0 atom stereocenters. The maximum Gasteiger partial charge on any atom is 0.341 e. The first-order chi connectivity index (χ1) is 13.4. The fraction of sp³-hybridized carbons (Fsp3) is 0.591. The Bertz CT molecular complexity index is 618. The molecule has 0 bridgehead atoms. The molecule has 0 aliphatic heterocycles. The first-order valence-corrected chi connectivity index (χ1v) is 15.5. The SMILES string of the molecule is COC(=O)C=Cc1ccc(CC[C@H]2CC[C@H](CCCC[Si](Cl)(Cl)Cl)CC2)cc1. The van der Waals surface area contributed by atoms with E-state index < -0.39 is 6.00 Å². The first-order valence-electron chi connectivity index (χ1n) is 10.3. The van der Waals surface area contributed by atoms with Crippen LogP contribution in [0.15, 0.2) is 30.3 Å². The highest BCUT2D eigenvalue weighted by molar-refractivity contribution is 7.64. The van der Waals surface area contributed by atoms with Crippen LogP contribution in [0.5, 0.6) is 0 Å². The quantitative estimate of drug-likeness (QED) is 0.119.